The molecule has 2 amide bonds. The van der Waals surface area contributed by atoms with Crippen LogP contribution in [-0.2, 0) is 6.67 Å². The van der Waals surface area contributed by atoms with Gasteiger partial charge in [-0.2, -0.15) is 0 Å². The molecule has 0 aliphatic carbocycles. The zero-order valence-electron chi connectivity index (χ0n) is 22.8. The molecule has 0 atom stereocenters. The lowest BCUT2D eigenvalue weighted by Crippen LogP contribution is -2.25. The molecule has 4 aromatic rings. The first kappa shape index (κ1) is 29.0. The van der Waals surface area contributed by atoms with Crippen LogP contribution in [0.4, 0.5) is 27.4 Å². The van der Waals surface area contributed by atoms with Crippen molar-refractivity contribution in [2.75, 3.05) is 42.2 Å². The van der Waals surface area contributed by atoms with Crippen LogP contribution in [0.1, 0.15) is 39.1 Å². The van der Waals surface area contributed by atoms with Gasteiger partial charge in [0.1, 0.15) is 19.0 Å². The van der Waals surface area contributed by atoms with Gasteiger partial charge in [0.2, 0.25) is 5.95 Å². The Balaban J connectivity index is 1.14. The van der Waals surface area contributed by atoms with Crippen LogP contribution in [0.15, 0.2) is 79.1 Å². The molecule has 3 aromatic carbocycles. The molecular weight excluding hydrogens is 559 g/mol. The number of nitrogens with one attached hydrogen (secondary N) is 3. The number of hydrogen-bond donors (Lipinski definition) is 3. The van der Waals surface area contributed by atoms with E-state index < -0.39 is 18.5 Å². The second-order valence-electron chi connectivity index (χ2n) is 9.78. The quantitative estimate of drug-likeness (QED) is 0.188. The Labute approximate surface area is 248 Å². The topological polar surface area (TPSA) is 108 Å². The molecule has 0 radical (unpaired) electrons. The van der Waals surface area contributed by atoms with Gasteiger partial charge in [-0.15, -0.1) is 0 Å². The summed E-state index contributed by atoms with van der Waals surface area (Å²) in [6.45, 7) is 3.21. The van der Waals surface area contributed by atoms with Gasteiger partial charge in [-0.05, 0) is 86.1 Å². The Hall–Kier alpha value is -4.54. The van der Waals surface area contributed by atoms with Crippen LogP contribution in [0.2, 0.25) is 5.02 Å². The summed E-state index contributed by atoms with van der Waals surface area (Å²) in [5.41, 5.74) is 2.41. The summed E-state index contributed by atoms with van der Waals surface area (Å²) in [6, 6.07) is 18.5. The van der Waals surface area contributed by atoms with E-state index in [2.05, 4.69) is 30.8 Å². The van der Waals surface area contributed by atoms with E-state index >= 15 is 0 Å². The molecule has 0 spiro atoms. The third-order valence-electron chi connectivity index (χ3n) is 6.72. The summed E-state index contributed by atoms with van der Waals surface area (Å²) in [5.74, 6) is 0.230. The Morgan fingerprint density at radius 1 is 0.881 bits per heavy atom. The predicted molar refractivity (Wildman–Crippen MR) is 162 cm³/mol. The Morgan fingerprint density at radius 2 is 1.60 bits per heavy atom. The number of ether oxygens (including phenoxy) is 1. The summed E-state index contributed by atoms with van der Waals surface area (Å²) in [7, 11) is 0. The summed E-state index contributed by atoms with van der Waals surface area (Å²) in [6.07, 6.45) is 5.33. The third kappa shape index (κ3) is 7.80. The normalized spacial score (nSPS) is 13.0. The molecule has 0 bridgehead atoms. The largest absolute Gasteiger partial charge is 0.492 e. The molecule has 9 nitrogen and oxygen atoms in total. The lowest BCUT2D eigenvalue weighted by molar-refractivity contribution is 0.101. The predicted octanol–water partition coefficient (Wildman–Crippen LogP) is 6.32. The van der Waals surface area contributed by atoms with E-state index in [9.17, 15) is 14.0 Å². The monoisotopic (exact) mass is 588 g/mol. The molecule has 1 fully saturated rings. The van der Waals surface area contributed by atoms with Gasteiger partial charge in [0.15, 0.2) is 0 Å². The van der Waals surface area contributed by atoms with E-state index in [1.165, 1.54) is 37.4 Å². The molecule has 0 unspecified atom stereocenters. The maximum atomic E-state index is 13.0. The Kier molecular flexibility index (Phi) is 9.58. The molecule has 1 aliphatic rings. The van der Waals surface area contributed by atoms with E-state index in [1.807, 2.05) is 24.3 Å². The molecule has 1 aromatic heterocycles. The van der Waals surface area contributed by atoms with E-state index in [0.29, 0.717) is 35.1 Å². The second kappa shape index (κ2) is 13.9. The minimum absolute atomic E-state index is 0.218. The van der Waals surface area contributed by atoms with Gasteiger partial charge < -0.3 is 20.7 Å². The number of halogens is 2. The fourth-order valence-electron chi connectivity index (χ4n) is 4.46. The highest BCUT2D eigenvalue weighted by Gasteiger charge is 2.14. The van der Waals surface area contributed by atoms with Gasteiger partial charge in [0.05, 0.1) is 16.3 Å². The highest BCUT2D eigenvalue weighted by atomic mass is 35.5. The van der Waals surface area contributed by atoms with Gasteiger partial charge in [0, 0.05) is 35.9 Å². The number of likely N-dealkylation sites (tertiary alicyclic amines) is 1. The van der Waals surface area contributed by atoms with Crippen molar-refractivity contribution in [3.8, 4) is 5.75 Å². The number of benzene rings is 3. The standard InChI is InChI=1S/C31H30ClFN6O3/c32-27-11-8-25(36-29(40)22-5-3-4-21(16-22)18-33)17-28(27)38-30(41)23-19-34-31(35-20-23)37-24-6-9-26(10-7-24)42-15-14-39-12-1-2-13-39/h3-11,16-17,19-20H,1-2,12-15,18H2,(H,36,40)(H,38,41)(H,34,35,37). The summed E-state index contributed by atoms with van der Waals surface area (Å²) in [4.78, 5) is 36.4. The molecule has 1 aliphatic heterocycles. The van der Waals surface area contributed by atoms with Gasteiger partial charge >= 0.3 is 0 Å². The maximum absolute atomic E-state index is 13.0. The zero-order chi connectivity index (χ0) is 29.3. The Morgan fingerprint density at radius 3 is 2.33 bits per heavy atom. The number of amides is 2. The number of nitrogens with zero attached hydrogens (tertiary/aromatic N) is 3. The lowest BCUT2D eigenvalue weighted by Gasteiger charge is -2.15. The molecule has 216 valence electrons. The van der Waals surface area contributed by atoms with Gasteiger partial charge in [-0.25, -0.2) is 14.4 Å². The van der Waals surface area contributed by atoms with Gasteiger partial charge in [-0.3, -0.25) is 14.5 Å². The van der Waals surface area contributed by atoms with E-state index in [4.69, 9.17) is 16.3 Å². The number of anilines is 4. The summed E-state index contributed by atoms with van der Waals surface area (Å²) < 4.78 is 18.8. The van der Waals surface area contributed by atoms with Crippen LogP contribution in [0.25, 0.3) is 0 Å². The fraction of sp³-hybridized carbons (Fsp3) is 0.226. The molecule has 42 heavy (non-hydrogen) atoms. The SMILES string of the molecule is O=C(Nc1ccc(Cl)c(NC(=O)c2cnc(Nc3ccc(OCCN4CCCC4)cc3)nc2)c1)c1cccc(CF)c1. The van der Waals surface area contributed by atoms with Gasteiger partial charge in [-0.1, -0.05) is 23.7 Å². The van der Waals surface area contributed by atoms with E-state index in [-0.39, 0.29) is 10.6 Å². The molecule has 2 heterocycles. The van der Waals surface area contributed by atoms with Crippen molar-refractivity contribution >= 4 is 46.4 Å². The molecule has 11 heteroatoms. The summed E-state index contributed by atoms with van der Waals surface area (Å²) >= 11 is 6.28. The number of rotatable bonds is 11. The number of carbonyl (C=O) groups excluding carboxylic acids is 2. The van der Waals surface area contributed by atoms with Crippen LogP contribution in [0.3, 0.4) is 0 Å². The Bertz CT molecular complexity index is 1530. The lowest BCUT2D eigenvalue weighted by atomic mass is 10.1. The first-order valence-corrected chi connectivity index (χ1v) is 14.0. The third-order valence-corrected chi connectivity index (χ3v) is 7.04. The molecule has 5 rings (SSSR count). The van der Waals surface area contributed by atoms with Crippen molar-refractivity contribution < 1.29 is 18.7 Å². The van der Waals surface area contributed by atoms with Crippen molar-refractivity contribution in [2.24, 2.45) is 0 Å². The zero-order valence-corrected chi connectivity index (χ0v) is 23.5. The van der Waals surface area contributed by atoms with E-state index in [1.54, 1.807) is 30.3 Å². The van der Waals surface area contributed by atoms with Crippen LogP contribution in [0.5, 0.6) is 5.75 Å². The number of aromatic nitrogens is 2. The summed E-state index contributed by atoms with van der Waals surface area (Å²) in [5, 5.41) is 8.83. The van der Waals surface area contributed by atoms with Crippen LogP contribution >= 0.6 is 11.6 Å². The van der Waals surface area contributed by atoms with Crippen molar-refractivity contribution in [1.82, 2.24) is 14.9 Å². The smallest absolute Gasteiger partial charge is 0.258 e. The average molecular weight is 589 g/mol. The fourth-order valence-corrected chi connectivity index (χ4v) is 4.63. The van der Waals surface area contributed by atoms with Crippen molar-refractivity contribution in [2.45, 2.75) is 19.5 Å². The van der Waals surface area contributed by atoms with Crippen molar-refractivity contribution in [3.05, 3.63) is 101 Å². The second-order valence-corrected chi connectivity index (χ2v) is 10.2. The molecule has 3 N–H and O–H groups in total. The van der Waals surface area contributed by atoms with Crippen LogP contribution in [-0.4, -0.2) is 52.9 Å². The van der Waals surface area contributed by atoms with Crippen molar-refractivity contribution in [1.29, 1.82) is 0 Å². The van der Waals surface area contributed by atoms with Crippen LogP contribution in [0, 0.1) is 0 Å². The highest BCUT2D eigenvalue weighted by molar-refractivity contribution is 6.34. The van der Waals surface area contributed by atoms with Gasteiger partial charge in [0.25, 0.3) is 11.8 Å². The first-order valence-electron chi connectivity index (χ1n) is 13.6. The van der Waals surface area contributed by atoms with Crippen LogP contribution < -0.4 is 20.7 Å². The molecular formula is C31H30ClFN6O3. The maximum Gasteiger partial charge on any atom is 0.258 e. The minimum Gasteiger partial charge on any atom is -0.492 e. The minimum atomic E-state index is -0.666. The van der Waals surface area contributed by atoms with E-state index in [0.717, 1.165) is 31.1 Å². The highest BCUT2D eigenvalue weighted by Crippen LogP contribution is 2.27. The first-order chi connectivity index (χ1) is 20.5. The van der Waals surface area contributed by atoms with Crippen molar-refractivity contribution in [3.63, 3.8) is 0 Å². The number of carbonyl (C=O) groups is 2. The molecule has 0 saturated carbocycles. The average Bonchev–Trinajstić information content (AvgIpc) is 3.54. The number of alkyl halides is 1. The number of hydrogen-bond acceptors (Lipinski definition) is 7. The molecule has 1 saturated heterocycles.